The number of piperidine rings is 1. The first-order valence-electron chi connectivity index (χ1n) is 3.76. The van der Waals surface area contributed by atoms with Crippen LogP contribution in [0.1, 0.15) is 12.8 Å². The Balaban J connectivity index is 2.77. The molecule has 1 atom stereocenters. The number of rotatable bonds is 1. The van der Waals surface area contributed by atoms with Crippen LogP contribution in [0.3, 0.4) is 0 Å². The number of amides is 1. The SMILES string of the molecule is O=C1CCC(C(=O)O)N(C(=O)O)C1. The summed E-state index contributed by atoms with van der Waals surface area (Å²) in [5.74, 6) is -1.44. The van der Waals surface area contributed by atoms with Crippen molar-refractivity contribution in [2.45, 2.75) is 18.9 Å². The Kier molecular flexibility index (Phi) is 2.50. The molecule has 0 spiro atoms. The van der Waals surface area contributed by atoms with Crippen molar-refractivity contribution in [1.29, 1.82) is 0 Å². The fourth-order valence-corrected chi connectivity index (χ4v) is 1.29. The Morgan fingerprint density at radius 3 is 2.46 bits per heavy atom. The number of ketones is 1. The summed E-state index contributed by atoms with van der Waals surface area (Å²) in [6.45, 7) is -0.313. The van der Waals surface area contributed by atoms with Crippen molar-refractivity contribution in [2.75, 3.05) is 6.54 Å². The van der Waals surface area contributed by atoms with Crippen molar-refractivity contribution in [2.24, 2.45) is 0 Å². The molecule has 0 bridgehead atoms. The van der Waals surface area contributed by atoms with Gasteiger partial charge in [-0.1, -0.05) is 0 Å². The van der Waals surface area contributed by atoms with Gasteiger partial charge >= 0.3 is 12.1 Å². The van der Waals surface area contributed by atoms with Gasteiger partial charge in [-0.2, -0.15) is 0 Å². The summed E-state index contributed by atoms with van der Waals surface area (Å²) in [4.78, 5) is 32.6. The van der Waals surface area contributed by atoms with Gasteiger partial charge in [0.2, 0.25) is 0 Å². The average molecular weight is 187 g/mol. The lowest BCUT2D eigenvalue weighted by molar-refractivity contribution is -0.145. The van der Waals surface area contributed by atoms with E-state index in [1.165, 1.54) is 0 Å². The first kappa shape index (κ1) is 9.50. The number of aliphatic carboxylic acids is 1. The number of carbonyl (C=O) groups excluding carboxylic acids is 1. The second kappa shape index (κ2) is 3.42. The van der Waals surface area contributed by atoms with Gasteiger partial charge in [-0.3, -0.25) is 9.69 Å². The molecule has 1 fully saturated rings. The van der Waals surface area contributed by atoms with E-state index in [2.05, 4.69) is 0 Å². The minimum atomic E-state index is -1.36. The van der Waals surface area contributed by atoms with Crippen LogP contribution in [0.15, 0.2) is 0 Å². The second-order valence-electron chi connectivity index (χ2n) is 2.84. The van der Waals surface area contributed by atoms with Crippen LogP contribution in [0.25, 0.3) is 0 Å². The lowest BCUT2D eigenvalue weighted by Gasteiger charge is -2.29. The van der Waals surface area contributed by atoms with Gasteiger partial charge in [0.05, 0.1) is 6.54 Å². The summed E-state index contributed by atoms with van der Waals surface area (Å²) in [6, 6.07) is -1.07. The molecule has 6 nitrogen and oxygen atoms in total. The molecular formula is C7H9NO5. The quantitative estimate of drug-likeness (QED) is 0.591. The summed E-state index contributed by atoms with van der Waals surface area (Å²) in [6.07, 6.45) is -1.15. The molecule has 0 radical (unpaired) electrons. The first-order chi connectivity index (χ1) is 6.02. The first-order valence-corrected chi connectivity index (χ1v) is 3.76. The third-order valence-corrected chi connectivity index (χ3v) is 1.95. The molecule has 1 rings (SSSR count). The molecule has 72 valence electrons. The number of hydrogen-bond acceptors (Lipinski definition) is 3. The molecule has 0 aromatic rings. The highest BCUT2D eigenvalue weighted by molar-refractivity contribution is 5.89. The number of likely N-dealkylation sites (tertiary alicyclic amines) is 1. The third kappa shape index (κ3) is 1.95. The number of carboxylic acid groups (broad SMARTS) is 2. The number of Topliss-reactive ketones (excluding diaryl/α,β-unsaturated/α-hetero) is 1. The Bertz CT molecular complexity index is 262. The molecule has 2 N–H and O–H groups in total. The number of carbonyl (C=O) groups is 3. The van der Waals surface area contributed by atoms with Crippen LogP contribution >= 0.6 is 0 Å². The molecule has 1 aliphatic rings. The summed E-state index contributed by atoms with van der Waals surface area (Å²) >= 11 is 0. The second-order valence-corrected chi connectivity index (χ2v) is 2.84. The lowest BCUT2D eigenvalue weighted by atomic mass is 10.0. The molecule has 0 aliphatic carbocycles. The van der Waals surface area contributed by atoms with Gasteiger partial charge in [0.15, 0.2) is 5.78 Å². The van der Waals surface area contributed by atoms with Crippen molar-refractivity contribution in [3.05, 3.63) is 0 Å². The molecule has 0 aromatic carbocycles. The van der Waals surface area contributed by atoms with Crippen molar-refractivity contribution < 1.29 is 24.6 Å². The number of carboxylic acids is 1. The van der Waals surface area contributed by atoms with Gasteiger partial charge in [-0.15, -0.1) is 0 Å². The maximum absolute atomic E-state index is 10.8. The lowest BCUT2D eigenvalue weighted by Crippen LogP contribution is -2.50. The highest BCUT2D eigenvalue weighted by atomic mass is 16.4. The Morgan fingerprint density at radius 2 is 2.00 bits per heavy atom. The van der Waals surface area contributed by atoms with Crippen LogP contribution in [-0.2, 0) is 9.59 Å². The molecule has 13 heavy (non-hydrogen) atoms. The zero-order chi connectivity index (χ0) is 10.0. The smallest absolute Gasteiger partial charge is 0.408 e. The number of hydrogen-bond donors (Lipinski definition) is 2. The van der Waals surface area contributed by atoms with Crippen LogP contribution in [-0.4, -0.2) is 45.5 Å². The van der Waals surface area contributed by atoms with E-state index in [0.717, 1.165) is 0 Å². The van der Waals surface area contributed by atoms with Gasteiger partial charge in [-0.05, 0) is 6.42 Å². The highest BCUT2D eigenvalue weighted by Gasteiger charge is 2.34. The average Bonchev–Trinajstić information content (AvgIpc) is 2.03. The molecule has 0 aromatic heterocycles. The largest absolute Gasteiger partial charge is 0.480 e. The fourth-order valence-electron chi connectivity index (χ4n) is 1.29. The minimum absolute atomic E-state index is 0.0699. The van der Waals surface area contributed by atoms with E-state index in [-0.39, 0.29) is 25.2 Å². The van der Waals surface area contributed by atoms with Crippen LogP contribution in [0.5, 0.6) is 0 Å². The Labute approximate surface area is 73.8 Å². The van der Waals surface area contributed by atoms with E-state index in [9.17, 15) is 14.4 Å². The van der Waals surface area contributed by atoms with Gasteiger partial charge in [0.1, 0.15) is 6.04 Å². The third-order valence-electron chi connectivity index (χ3n) is 1.95. The van der Waals surface area contributed by atoms with Crippen LogP contribution in [0, 0.1) is 0 Å². The summed E-state index contributed by atoms with van der Waals surface area (Å²) in [5.41, 5.74) is 0. The van der Waals surface area contributed by atoms with E-state index in [4.69, 9.17) is 10.2 Å². The van der Waals surface area contributed by atoms with E-state index in [0.29, 0.717) is 4.90 Å². The molecule has 1 aliphatic heterocycles. The van der Waals surface area contributed by atoms with E-state index in [1.807, 2.05) is 0 Å². The Morgan fingerprint density at radius 1 is 1.38 bits per heavy atom. The van der Waals surface area contributed by atoms with Crippen LogP contribution in [0.2, 0.25) is 0 Å². The number of nitrogens with zero attached hydrogens (tertiary/aromatic N) is 1. The van der Waals surface area contributed by atoms with Crippen molar-refractivity contribution in [3.63, 3.8) is 0 Å². The van der Waals surface area contributed by atoms with E-state index >= 15 is 0 Å². The van der Waals surface area contributed by atoms with Crippen molar-refractivity contribution in [3.8, 4) is 0 Å². The zero-order valence-electron chi connectivity index (χ0n) is 6.77. The molecule has 0 saturated carbocycles. The maximum atomic E-state index is 10.8. The minimum Gasteiger partial charge on any atom is -0.480 e. The van der Waals surface area contributed by atoms with Crippen LogP contribution in [0.4, 0.5) is 4.79 Å². The van der Waals surface area contributed by atoms with E-state index < -0.39 is 18.1 Å². The van der Waals surface area contributed by atoms with Gasteiger partial charge in [0.25, 0.3) is 0 Å². The van der Waals surface area contributed by atoms with Gasteiger partial charge in [-0.25, -0.2) is 9.59 Å². The van der Waals surface area contributed by atoms with Gasteiger partial charge < -0.3 is 10.2 Å². The van der Waals surface area contributed by atoms with Crippen molar-refractivity contribution in [1.82, 2.24) is 4.90 Å². The van der Waals surface area contributed by atoms with Gasteiger partial charge in [0, 0.05) is 6.42 Å². The van der Waals surface area contributed by atoms with E-state index in [1.54, 1.807) is 0 Å². The normalized spacial score (nSPS) is 22.9. The monoisotopic (exact) mass is 187 g/mol. The standard InChI is InChI=1S/C7H9NO5/c9-4-1-2-5(6(10)11)8(3-4)7(12)13/h5H,1-3H2,(H,10,11)(H,12,13). The van der Waals surface area contributed by atoms with Crippen molar-refractivity contribution >= 4 is 17.8 Å². The Hall–Kier alpha value is -1.59. The predicted octanol–water partition coefficient (Wildman–Crippen LogP) is -0.218. The topological polar surface area (TPSA) is 94.9 Å². The summed E-state index contributed by atoms with van der Waals surface area (Å²) < 4.78 is 0. The fraction of sp³-hybridized carbons (Fsp3) is 0.571. The van der Waals surface area contributed by atoms with Crippen LogP contribution < -0.4 is 0 Å². The maximum Gasteiger partial charge on any atom is 0.408 e. The zero-order valence-corrected chi connectivity index (χ0v) is 6.77. The predicted molar refractivity (Wildman–Crippen MR) is 40.4 cm³/mol. The molecule has 6 heteroatoms. The molecule has 1 heterocycles. The summed E-state index contributed by atoms with van der Waals surface area (Å²) in [5, 5.41) is 17.2. The molecule has 1 amide bonds. The molecular weight excluding hydrogens is 178 g/mol. The summed E-state index contributed by atoms with van der Waals surface area (Å²) in [7, 11) is 0. The molecule has 1 saturated heterocycles. The molecule has 1 unspecified atom stereocenters. The highest BCUT2D eigenvalue weighted by Crippen LogP contribution is 2.14.